The maximum absolute atomic E-state index is 11.7. The van der Waals surface area contributed by atoms with Gasteiger partial charge in [-0.05, 0) is 25.8 Å². The first-order chi connectivity index (χ1) is 7.29. The van der Waals surface area contributed by atoms with Crippen LogP contribution in [-0.2, 0) is 9.59 Å². The molecular formula is C11H18N2O2. The molecule has 4 heteroatoms. The van der Waals surface area contributed by atoms with Crippen molar-refractivity contribution in [2.75, 3.05) is 32.7 Å². The van der Waals surface area contributed by atoms with Crippen LogP contribution in [-0.4, -0.2) is 54.7 Å². The summed E-state index contributed by atoms with van der Waals surface area (Å²) in [5.74, 6) is 0.371. The van der Waals surface area contributed by atoms with Crippen LogP contribution in [0.3, 0.4) is 0 Å². The molecule has 2 aliphatic rings. The normalized spacial score (nSPS) is 27.2. The molecule has 0 aliphatic carbocycles. The number of hydrogen-bond acceptors (Lipinski definition) is 3. The van der Waals surface area contributed by atoms with Gasteiger partial charge in [-0.25, -0.2) is 0 Å². The Morgan fingerprint density at radius 2 is 2.07 bits per heavy atom. The van der Waals surface area contributed by atoms with Gasteiger partial charge < -0.3 is 9.69 Å². The van der Waals surface area contributed by atoms with Crippen molar-refractivity contribution in [2.45, 2.75) is 19.3 Å². The third-order valence-electron chi connectivity index (χ3n) is 3.30. The summed E-state index contributed by atoms with van der Waals surface area (Å²) in [6.07, 6.45) is 4.19. The SMILES string of the molecule is O=CC1CCCN(CC(=O)N2CCC2)C1. The van der Waals surface area contributed by atoms with Crippen molar-refractivity contribution in [2.24, 2.45) is 5.92 Å². The van der Waals surface area contributed by atoms with E-state index in [0.717, 1.165) is 51.7 Å². The maximum Gasteiger partial charge on any atom is 0.236 e. The van der Waals surface area contributed by atoms with Crippen molar-refractivity contribution in [3.63, 3.8) is 0 Å². The lowest BCUT2D eigenvalue weighted by Crippen LogP contribution is -2.49. The van der Waals surface area contributed by atoms with E-state index in [0.29, 0.717) is 6.54 Å². The molecule has 1 unspecified atom stereocenters. The summed E-state index contributed by atoms with van der Waals surface area (Å²) < 4.78 is 0. The van der Waals surface area contributed by atoms with Crippen LogP contribution in [0.2, 0.25) is 0 Å². The first-order valence-corrected chi connectivity index (χ1v) is 5.75. The molecule has 0 aromatic carbocycles. The smallest absolute Gasteiger partial charge is 0.236 e. The highest BCUT2D eigenvalue weighted by atomic mass is 16.2. The minimum Gasteiger partial charge on any atom is -0.341 e. The highest BCUT2D eigenvalue weighted by molar-refractivity contribution is 5.79. The Labute approximate surface area is 90.2 Å². The summed E-state index contributed by atoms with van der Waals surface area (Å²) in [5.41, 5.74) is 0. The molecule has 1 amide bonds. The van der Waals surface area contributed by atoms with E-state index in [-0.39, 0.29) is 11.8 Å². The van der Waals surface area contributed by atoms with Crippen LogP contribution < -0.4 is 0 Å². The molecule has 0 spiro atoms. The number of nitrogens with zero attached hydrogens (tertiary/aromatic N) is 2. The molecule has 2 heterocycles. The van der Waals surface area contributed by atoms with Crippen LogP contribution in [0.5, 0.6) is 0 Å². The molecule has 2 saturated heterocycles. The number of piperidine rings is 1. The highest BCUT2D eigenvalue weighted by Crippen LogP contribution is 2.15. The summed E-state index contributed by atoms with van der Waals surface area (Å²) in [7, 11) is 0. The van der Waals surface area contributed by atoms with Crippen molar-refractivity contribution >= 4 is 12.2 Å². The van der Waals surface area contributed by atoms with E-state index in [1.54, 1.807) is 0 Å². The van der Waals surface area contributed by atoms with Crippen LogP contribution in [0.4, 0.5) is 0 Å². The second-order valence-corrected chi connectivity index (χ2v) is 4.51. The lowest BCUT2D eigenvalue weighted by Gasteiger charge is -2.35. The number of amides is 1. The molecule has 2 rings (SSSR count). The average Bonchev–Trinajstić information content (AvgIpc) is 2.15. The van der Waals surface area contributed by atoms with E-state index in [2.05, 4.69) is 4.90 Å². The largest absolute Gasteiger partial charge is 0.341 e. The van der Waals surface area contributed by atoms with Crippen molar-refractivity contribution in [1.29, 1.82) is 0 Å². The van der Waals surface area contributed by atoms with Crippen molar-refractivity contribution < 1.29 is 9.59 Å². The van der Waals surface area contributed by atoms with Gasteiger partial charge in [-0.2, -0.15) is 0 Å². The quantitative estimate of drug-likeness (QED) is 0.622. The zero-order valence-electron chi connectivity index (χ0n) is 9.02. The molecular weight excluding hydrogens is 192 g/mol. The Morgan fingerprint density at radius 1 is 1.27 bits per heavy atom. The summed E-state index contributed by atoms with van der Waals surface area (Å²) >= 11 is 0. The number of hydrogen-bond donors (Lipinski definition) is 0. The summed E-state index contributed by atoms with van der Waals surface area (Å²) in [4.78, 5) is 26.4. The van der Waals surface area contributed by atoms with Gasteiger partial charge in [0.25, 0.3) is 0 Å². The van der Waals surface area contributed by atoms with E-state index in [1.165, 1.54) is 0 Å². The summed E-state index contributed by atoms with van der Waals surface area (Å²) in [6.45, 7) is 4.07. The lowest BCUT2D eigenvalue weighted by atomic mass is 10.00. The molecule has 0 aromatic heterocycles. The first kappa shape index (κ1) is 10.6. The minimum absolute atomic E-state index is 0.142. The van der Waals surface area contributed by atoms with Gasteiger partial charge in [0.2, 0.25) is 5.91 Å². The Kier molecular flexibility index (Phi) is 3.36. The highest BCUT2D eigenvalue weighted by Gasteiger charge is 2.25. The van der Waals surface area contributed by atoms with Crippen LogP contribution in [0.1, 0.15) is 19.3 Å². The van der Waals surface area contributed by atoms with E-state index < -0.39 is 0 Å². The lowest BCUT2D eigenvalue weighted by molar-refractivity contribution is -0.136. The molecule has 0 bridgehead atoms. The van der Waals surface area contributed by atoms with Crippen molar-refractivity contribution in [1.82, 2.24) is 9.80 Å². The van der Waals surface area contributed by atoms with Crippen molar-refractivity contribution in [3.05, 3.63) is 0 Å². The number of aldehydes is 1. The standard InChI is InChI=1S/C11H18N2O2/c14-9-10-3-1-4-12(7-10)8-11(15)13-5-2-6-13/h9-10H,1-8H2. The monoisotopic (exact) mass is 210 g/mol. The minimum atomic E-state index is 0.142. The fraction of sp³-hybridized carbons (Fsp3) is 0.818. The molecule has 0 radical (unpaired) electrons. The zero-order chi connectivity index (χ0) is 10.7. The Bertz CT molecular complexity index is 251. The molecule has 2 aliphatic heterocycles. The van der Waals surface area contributed by atoms with Gasteiger partial charge in [0.05, 0.1) is 6.54 Å². The molecule has 2 fully saturated rings. The second kappa shape index (κ2) is 4.75. The van der Waals surface area contributed by atoms with E-state index in [9.17, 15) is 9.59 Å². The molecule has 0 saturated carbocycles. The fourth-order valence-corrected chi connectivity index (χ4v) is 2.20. The Balaban J connectivity index is 1.77. The van der Waals surface area contributed by atoms with Crippen LogP contribution in [0.25, 0.3) is 0 Å². The second-order valence-electron chi connectivity index (χ2n) is 4.51. The van der Waals surface area contributed by atoms with Crippen LogP contribution in [0.15, 0.2) is 0 Å². The predicted molar refractivity (Wildman–Crippen MR) is 56.4 cm³/mol. The topological polar surface area (TPSA) is 40.6 Å². The number of rotatable bonds is 3. The van der Waals surface area contributed by atoms with Gasteiger partial charge in [0, 0.05) is 25.6 Å². The van der Waals surface area contributed by atoms with Gasteiger partial charge >= 0.3 is 0 Å². The van der Waals surface area contributed by atoms with E-state index >= 15 is 0 Å². The fourth-order valence-electron chi connectivity index (χ4n) is 2.20. The Hall–Kier alpha value is -0.900. The van der Waals surface area contributed by atoms with Gasteiger partial charge in [-0.1, -0.05) is 0 Å². The van der Waals surface area contributed by atoms with Crippen LogP contribution in [0, 0.1) is 5.92 Å². The van der Waals surface area contributed by atoms with Crippen LogP contribution >= 0.6 is 0 Å². The Morgan fingerprint density at radius 3 is 2.67 bits per heavy atom. The molecule has 4 nitrogen and oxygen atoms in total. The van der Waals surface area contributed by atoms with E-state index in [1.807, 2.05) is 4.90 Å². The summed E-state index contributed by atoms with van der Waals surface area (Å²) in [6, 6.07) is 0. The number of carbonyl (C=O) groups is 2. The van der Waals surface area contributed by atoms with Crippen molar-refractivity contribution in [3.8, 4) is 0 Å². The predicted octanol–water partition coefficient (Wildman–Crippen LogP) is 0.130. The van der Waals surface area contributed by atoms with E-state index in [4.69, 9.17) is 0 Å². The van der Waals surface area contributed by atoms with Gasteiger partial charge in [0.1, 0.15) is 6.29 Å². The third kappa shape index (κ3) is 2.56. The molecule has 15 heavy (non-hydrogen) atoms. The number of carbonyl (C=O) groups excluding carboxylic acids is 2. The van der Waals surface area contributed by atoms with Gasteiger partial charge in [0.15, 0.2) is 0 Å². The number of likely N-dealkylation sites (tertiary alicyclic amines) is 2. The van der Waals surface area contributed by atoms with Gasteiger partial charge in [-0.15, -0.1) is 0 Å². The molecule has 84 valence electrons. The third-order valence-corrected chi connectivity index (χ3v) is 3.30. The first-order valence-electron chi connectivity index (χ1n) is 5.75. The molecule has 1 atom stereocenters. The molecule has 0 N–H and O–H groups in total. The van der Waals surface area contributed by atoms with Gasteiger partial charge in [-0.3, -0.25) is 9.69 Å². The maximum atomic E-state index is 11.7. The zero-order valence-corrected chi connectivity index (χ0v) is 9.02. The summed E-state index contributed by atoms with van der Waals surface area (Å²) in [5, 5.41) is 0. The molecule has 0 aromatic rings. The average molecular weight is 210 g/mol.